The van der Waals surface area contributed by atoms with Gasteiger partial charge < -0.3 is 24.0 Å². The Kier molecular flexibility index (Phi) is 8.75. The highest BCUT2D eigenvalue weighted by Crippen LogP contribution is 2.27. The molecule has 0 spiro atoms. The van der Waals surface area contributed by atoms with Gasteiger partial charge in [0.1, 0.15) is 11.8 Å². The maximum absolute atomic E-state index is 12.8. The fourth-order valence-corrected chi connectivity index (χ4v) is 3.80. The van der Waals surface area contributed by atoms with Crippen molar-refractivity contribution < 1.29 is 37.0 Å². The summed E-state index contributed by atoms with van der Waals surface area (Å²) in [6.45, 7) is 1.47. The molecule has 3 rings (SSSR count). The van der Waals surface area contributed by atoms with Gasteiger partial charge in [0.2, 0.25) is 5.91 Å². The van der Waals surface area contributed by atoms with Crippen LogP contribution in [-0.2, 0) is 25.7 Å². The number of esters is 1. The van der Waals surface area contributed by atoms with E-state index in [1.54, 1.807) is 11.0 Å². The lowest BCUT2D eigenvalue weighted by Gasteiger charge is -2.29. The van der Waals surface area contributed by atoms with Crippen molar-refractivity contribution in [1.29, 1.82) is 0 Å². The molecule has 2 aromatic rings. The van der Waals surface area contributed by atoms with Gasteiger partial charge in [0.15, 0.2) is 0 Å². The Balaban J connectivity index is 1.63. The number of alkyl halides is 3. The topological polar surface area (TPSA) is 68.3 Å². The van der Waals surface area contributed by atoms with E-state index >= 15 is 0 Å². The first-order valence-corrected chi connectivity index (χ1v) is 10.9. The SMILES string of the molecule is COC(=O)C(CCOCc1ccccc1)N1CCN(c2cccc(OC(F)(F)F)c2)CCC1=O. The highest BCUT2D eigenvalue weighted by molar-refractivity contribution is 5.85. The van der Waals surface area contributed by atoms with Crippen LogP contribution in [0.3, 0.4) is 0 Å². The van der Waals surface area contributed by atoms with Crippen molar-refractivity contribution in [3.63, 3.8) is 0 Å². The number of rotatable bonds is 9. The normalized spacial score (nSPS) is 15.6. The number of amides is 1. The molecule has 0 aliphatic carbocycles. The quantitative estimate of drug-likeness (QED) is 0.402. The fourth-order valence-electron chi connectivity index (χ4n) is 3.80. The molecule has 0 aromatic heterocycles. The third kappa shape index (κ3) is 7.38. The zero-order chi connectivity index (χ0) is 24.6. The van der Waals surface area contributed by atoms with Crippen LogP contribution in [0.1, 0.15) is 18.4 Å². The molecule has 1 unspecified atom stereocenters. The molecule has 2 aromatic carbocycles. The summed E-state index contributed by atoms with van der Waals surface area (Å²) in [7, 11) is 1.26. The number of benzene rings is 2. The number of hydrogen-bond acceptors (Lipinski definition) is 6. The summed E-state index contributed by atoms with van der Waals surface area (Å²) in [4.78, 5) is 28.6. The summed E-state index contributed by atoms with van der Waals surface area (Å²) in [6, 6.07) is 14.4. The molecular formula is C24H27F3N2O5. The van der Waals surface area contributed by atoms with Crippen LogP contribution >= 0.6 is 0 Å². The molecule has 10 heteroatoms. The summed E-state index contributed by atoms with van der Waals surface area (Å²) in [5.74, 6) is -1.10. The third-order valence-corrected chi connectivity index (χ3v) is 5.44. The molecule has 1 amide bonds. The van der Waals surface area contributed by atoms with Crippen molar-refractivity contribution in [3.05, 3.63) is 60.2 Å². The van der Waals surface area contributed by atoms with E-state index < -0.39 is 18.4 Å². The number of carbonyl (C=O) groups excluding carboxylic acids is 2. The summed E-state index contributed by atoms with van der Waals surface area (Å²) < 4.78 is 52.3. The lowest BCUT2D eigenvalue weighted by molar-refractivity contribution is -0.274. The van der Waals surface area contributed by atoms with Crippen LogP contribution in [0.5, 0.6) is 5.75 Å². The number of nitrogens with zero attached hydrogens (tertiary/aromatic N) is 2. The Hall–Kier alpha value is -3.27. The fraction of sp³-hybridized carbons (Fsp3) is 0.417. The van der Waals surface area contributed by atoms with Crippen LogP contribution in [0, 0.1) is 0 Å². The van der Waals surface area contributed by atoms with Crippen molar-refractivity contribution in [1.82, 2.24) is 4.90 Å². The van der Waals surface area contributed by atoms with E-state index in [0.29, 0.717) is 25.4 Å². The maximum Gasteiger partial charge on any atom is 0.573 e. The molecule has 0 radical (unpaired) electrons. The standard InChI is InChI=1S/C24H27F3N2O5/c1-32-23(31)21(11-15-33-17-18-6-3-2-4-7-18)29-14-13-28(12-10-22(29)30)19-8-5-9-20(16-19)34-24(25,26)27/h2-9,16,21H,10-15,17H2,1H3. The van der Waals surface area contributed by atoms with Crippen molar-refractivity contribution in [2.75, 3.05) is 38.3 Å². The molecule has 1 saturated heterocycles. The first-order chi connectivity index (χ1) is 16.3. The zero-order valence-electron chi connectivity index (χ0n) is 18.8. The molecule has 7 nitrogen and oxygen atoms in total. The van der Waals surface area contributed by atoms with Crippen LogP contribution in [0.25, 0.3) is 0 Å². The number of methoxy groups -OCH3 is 1. The van der Waals surface area contributed by atoms with Gasteiger partial charge in [-0.3, -0.25) is 4.79 Å². The third-order valence-electron chi connectivity index (χ3n) is 5.44. The monoisotopic (exact) mass is 480 g/mol. The van der Waals surface area contributed by atoms with Crippen molar-refractivity contribution >= 4 is 17.6 Å². The minimum atomic E-state index is -4.79. The number of ether oxygens (including phenoxy) is 3. The summed E-state index contributed by atoms with van der Waals surface area (Å²) in [5, 5.41) is 0. The summed E-state index contributed by atoms with van der Waals surface area (Å²) >= 11 is 0. The number of hydrogen-bond donors (Lipinski definition) is 0. The lowest BCUT2D eigenvalue weighted by atomic mass is 10.1. The van der Waals surface area contributed by atoms with Crippen molar-refractivity contribution in [3.8, 4) is 5.75 Å². The van der Waals surface area contributed by atoms with Gasteiger partial charge in [-0.2, -0.15) is 0 Å². The maximum atomic E-state index is 12.8. The molecule has 184 valence electrons. The molecule has 1 heterocycles. The second-order valence-corrected chi connectivity index (χ2v) is 7.74. The van der Waals surface area contributed by atoms with Crippen LogP contribution in [0.15, 0.2) is 54.6 Å². The van der Waals surface area contributed by atoms with Gasteiger partial charge in [0.25, 0.3) is 0 Å². The molecule has 0 saturated carbocycles. The molecule has 1 aliphatic heterocycles. The molecule has 1 atom stereocenters. The summed E-state index contributed by atoms with van der Waals surface area (Å²) in [6.07, 6.45) is -4.43. The van der Waals surface area contributed by atoms with Gasteiger partial charge >= 0.3 is 12.3 Å². The summed E-state index contributed by atoms with van der Waals surface area (Å²) in [5.41, 5.74) is 1.49. The highest BCUT2D eigenvalue weighted by atomic mass is 19.4. The van der Waals surface area contributed by atoms with E-state index in [2.05, 4.69) is 4.74 Å². The van der Waals surface area contributed by atoms with Gasteiger partial charge in [0, 0.05) is 50.8 Å². The predicted molar refractivity (Wildman–Crippen MR) is 118 cm³/mol. The van der Waals surface area contributed by atoms with E-state index in [-0.39, 0.29) is 37.6 Å². The predicted octanol–water partition coefficient (Wildman–Crippen LogP) is 3.77. The Labute approximate surface area is 196 Å². The minimum Gasteiger partial charge on any atom is -0.467 e. The number of halogens is 3. The largest absolute Gasteiger partial charge is 0.573 e. The Morgan fingerprint density at radius 1 is 1.06 bits per heavy atom. The number of carbonyl (C=O) groups is 2. The highest BCUT2D eigenvalue weighted by Gasteiger charge is 2.33. The molecule has 1 fully saturated rings. The smallest absolute Gasteiger partial charge is 0.467 e. The molecule has 0 bridgehead atoms. The molecule has 0 N–H and O–H groups in total. The van der Waals surface area contributed by atoms with E-state index in [1.165, 1.54) is 30.2 Å². The number of anilines is 1. The molecule has 34 heavy (non-hydrogen) atoms. The zero-order valence-corrected chi connectivity index (χ0v) is 18.8. The van der Waals surface area contributed by atoms with Crippen molar-refractivity contribution in [2.24, 2.45) is 0 Å². The van der Waals surface area contributed by atoms with Gasteiger partial charge in [-0.25, -0.2) is 4.79 Å². The van der Waals surface area contributed by atoms with Crippen LogP contribution in [-0.4, -0.2) is 62.5 Å². The second-order valence-electron chi connectivity index (χ2n) is 7.74. The van der Waals surface area contributed by atoms with Gasteiger partial charge in [-0.1, -0.05) is 36.4 Å². The first-order valence-electron chi connectivity index (χ1n) is 10.9. The first kappa shape index (κ1) is 25.4. The van der Waals surface area contributed by atoms with E-state index in [0.717, 1.165) is 5.56 Å². The van der Waals surface area contributed by atoms with Gasteiger partial charge in [-0.15, -0.1) is 13.2 Å². The van der Waals surface area contributed by atoms with Crippen molar-refractivity contribution in [2.45, 2.75) is 31.9 Å². The van der Waals surface area contributed by atoms with Crippen LogP contribution < -0.4 is 9.64 Å². The van der Waals surface area contributed by atoms with E-state index in [1.807, 2.05) is 30.3 Å². The Morgan fingerprint density at radius 3 is 2.53 bits per heavy atom. The average molecular weight is 480 g/mol. The second kappa shape index (κ2) is 11.7. The average Bonchev–Trinajstić information content (AvgIpc) is 3.00. The minimum absolute atomic E-state index is 0.0999. The van der Waals surface area contributed by atoms with Crippen LogP contribution in [0.4, 0.5) is 18.9 Å². The van der Waals surface area contributed by atoms with Crippen LogP contribution in [0.2, 0.25) is 0 Å². The Morgan fingerprint density at radius 2 is 1.82 bits per heavy atom. The molecule has 1 aliphatic rings. The molecular weight excluding hydrogens is 453 g/mol. The lowest BCUT2D eigenvalue weighted by Crippen LogP contribution is -2.47. The van der Waals surface area contributed by atoms with Gasteiger partial charge in [-0.05, 0) is 17.7 Å². The van der Waals surface area contributed by atoms with E-state index in [9.17, 15) is 22.8 Å². The Bertz CT molecular complexity index is 955. The van der Waals surface area contributed by atoms with E-state index in [4.69, 9.17) is 9.47 Å². The van der Waals surface area contributed by atoms with Gasteiger partial charge in [0.05, 0.1) is 13.7 Å².